The van der Waals surface area contributed by atoms with Gasteiger partial charge in [0.2, 0.25) is 0 Å². The van der Waals surface area contributed by atoms with Crippen molar-refractivity contribution in [3.8, 4) is 5.75 Å². The minimum Gasteiger partial charge on any atom is -0.497 e. The van der Waals surface area contributed by atoms with Crippen LogP contribution in [0, 0.1) is 11.8 Å². The lowest BCUT2D eigenvalue weighted by Gasteiger charge is -2.29. The molecule has 0 radical (unpaired) electrons. The highest BCUT2D eigenvalue weighted by atomic mass is 35.5. The van der Waals surface area contributed by atoms with E-state index >= 15 is 0 Å². The van der Waals surface area contributed by atoms with E-state index in [-0.39, 0.29) is 23.4 Å². The quantitative estimate of drug-likeness (QED) is 0.781. The molecule has 0 heterocycles. The van der Waals surface area contributed by atoms with Gasteiger partial charge in [0, 0.05) is 16.9 Å². The van der Waals surface area contributed by atoms with Gasteiger partial charge < -0.3 is 4.74 Å². The highest BCUT2D eigenvalue weighted by molar-refractivity contribution is 6.32. The summed E-state index contributed by atoms with van der Waals surface area (Å²) in [6.45, 7) is 3.74. The lowest BCUT2D eigenvalue weighted by atomic mass is 9.72. The van der Waals surface area contributed by atoms with E-state index in [4.69, 9.17) is 16.3 Å². The highest BCUT2D eigenvalue weighted by Gasteiger charge is 2.40. The second kappa shape index (κ2) is 5.33. The number of rotatable bonds is 2. The van der Waals surface area contributed by atoms with Crippen LogP contribution in [0.15, 0.2) is 18.2 Å². The van der Waals surface area contributed by atoms with E-state index in [0.29, 0.717) is 22.8 Å². The van der Waals surface area contributed by atoms with Gasteiger partial charge in [0.05, 0.1) is 7.11 Å². The molecule has 1 aromatic carbocycles. The third-order valence-electron chi connectivity index (χ3n) is 3.77. The summed E-state index contributed by atoms with van der Waals surface area (Å²) in [5.74, 6) is -0.375. The second-order valence-corrected chi connectivity index (χ2v) is 5.57. The first-order valence-corrected chi connectivity index (χ1v) is 6.74. The molecule has 1 fully saturated rings. The molecule has 1 aliphatic rings. The van der Waals surface area contributed by atoms with Gasteiger partial charge in [0.1, 0.15) is 11.7 Å². The summed E-state index contributed by atoms with van der Waals surface area (Å²) in [6.07, 6.45) is 0.627. The molecular formula is C15H17ClO3. The predicted molar refractivity (Wildman–Crippen MR) is 73.7 cm³/mol. The lowest BCUT2D eigenvalue weighted by Crippen LogP contribution is -2.37. The largest absolute Gasteiger partial charge is 0.497 e. The number of benzene rings is 1. The number of methoxy groups -OCH3 is 1. The average molecular weight is 281 g/mol. The van der Waals surface area contributed by atoms with Crippen LogP contribution < -0.4 is 4.74 Å². The molecule has 0 bridgehead atoms. The molecule has 4 heteroatoms. The third kappa shape index (κ3) is 2.52. The Bertz CT molecular complexity index is 504. The zero-order valence-corrected chi connectivity index (χ0v) is 12.0. The Balaban J connectivity index is 2.43. The number of ketones is 2. The summed E-state index contributed by atoms with van der Waals surface area (Å²) in [5.41, 5.74) is 0.593. The molecule has 3 nitrogen and oxygen atoms in total. The smallest absolute Gasteiger partial charge is 0.150 e. The first-order valence-electron chi connectivity index (χ1n) is 6.36. The van der Waals surface area contributed by atoms with Gasteiger partial charge in [-0.25, -0.2) is 0 Å². The van der Waals surface area contributed by atoms with Crippen molar-refractivity contribution in [2.75, 3.05) is 7.11 Å². The van der Waals surface area contributed by atoms with Crippen molar-refractivity contribution in [3.63, 3.8) is 0 Å². The average Bonchev–Trinajstić information content (AvgIpc) is 2.38. The Morgan fingerprint density at radius 1 is 1.16 bits per heavy atom. The van der Waals surface area contributed by atoms with E-state index < -0.39 is 5.92 Å². The molecule has 0 amide bonds. The number of carbonyl (C=O) groups is 2. The predicted octanol–water partition coefficient (Wildman–Crippen LogP) is 3.25. The fraction of sp³-hybridized carbons (Fsp3) is 0.467. The van der Waals surface area contributed by atoms with E-state index in [2.05, 4.69) is 0 Å². The monoisotopic (exact) mass is 280 g/mol. The van der Waals surface area contributed by atoms with Crippen molar-refractivity contribution in [2.24, 2.45) is 11.8 Å². The Morgan fingerprint density at radius 2 is 1.74 bits per heavy atom. The number of ether oxygens (including phenoxy) is 1. The summed E-state index contributed by atoms with van der Waals surface area (Å²) in [6, 6.07) is 5.08. The Labute approximate surface area is 117 Å². The number of Topliss-reactive ketones (excluding diaryl/α,β-unsaturated/α-hetero) is 2. The fourth-order valence-electron chi connectivity index (χ4n) is 2.65. The minimum atomic E-state index is -0.725. The van der Waals surface area contributed by atoms with Gasteiger partial charge >= 0.3 is 0 Å². The Morgan fingerprint density at radius 3 is 2.21 bits per heavy atom. The fourth-order valence-corrected chi connectivity index (χ4v) is 2.93. The molecule has 1 aromatic rings. The highest BCUT2D eigenvalue weighted by Crippen LogP contribution is 2.37. The minimum absolute atomic E-state index is 0.0323. The zero-order chi connectivity index (χ0) is 14.2. The molecule has 1 saturated carbocycles. The molecule has 0 saturated heterocycles. The topological polar surface area (TPSA) is 43.4 Å². The SMILES string of the molecule is COc1ccc(C2C(=O)C(C)CC(C)C2=O)c(Cl)c1. The van der Waals surface area contributed by atoms with Gasteiger partial charge in [0.15, 0.2) is 11.6 Å². The van der Waals surface area contributed by atoms with Crippen molar-refractivity contribution >= 4 is 23.2 Å². The lowest BCUT2D eigenvalue weighted by molar-refractivity contribution is -0.137. The van der Waals surface area contributed by atoms with Crippen molar-refractivity contribution < 1.29 is 14.3 Å². The molecule has 2 unspecified atom stereocenters. The van der Waals surface area contributed by atoms with Crippen LogP contribution in [0.5, 0.6) is 5.75 Å². The maximum atomic E-state index is 12.3. The third-order valence-corrected chi connectivity index (χ3v) is 4.09. The summed E-state index contributed by atoms with van der Waals surface area (Å²) < 4.78 is 5.08. The van der Waals surface area contributed by atoms with E-state index in [9.17, 15) is 9.59 Å². The first-order chi connectivity index (χ1) is 8.95. The molecular weight excluding hydrogens is 264 g/mol. The summed E-state index contributed by atoms with van der Waals surface area (Å²) in [5, 5.41) is 0.410. The number of carbonyl (C=O) groups excluding carboxylic acids is 2. The van der Waals surface area contributed by atoms with E-state index in [1.807, 2.05) is 13.8 Å². The van der Waals surface area contributed by atoms with Crippen LogP contribution >= 0.6 is 11.6 Å². The Kier molecular flexibility index (Phi) is 3.95. The molecule has 0 N–H and O–H groups in total. The van der Waals surface area contributed by atoms with Gasteiger partial charge in [0.25, 0.3) is 0 Å². The van der Waals surface area contributed by atoms with Crippen LogP contribution in [0.3, 0.4) is 0 Å². The molecule has 19 heavy (non-hydrogen) atoms. The van der Waals surface area contributed by atoms with Gasteiger partial charge in [-0.05, 0) is 24.1 Å². The van der Waals surface area contributed by atoms with Gasteiger partial charge in [-0.1, -0.05) is 31.5 Å². The van der Waals surface area contributed by atoms with Crippen LogP contribution in [0.25, 0.3) is 0 Å². The van der Waals surface area contributed by atoms with Crippen LogP contribution in [-0.2, 0) is 9.59 Å². The molecule has 0 aliphatic heterocycles. The van der Waals surface area contributed by atoms with Gasteiger partial charge in [-0.15, -0.1) is 0 Å². The number of halogens is 1. The maximum Gasteiger partial charge on any atom is 0.150 e. The number of hydrogen-bond acceptors (Lipinski definition) is 3. The van der Waals surface area contributed by atoms with Gasteiger partial charge in [-0.3, -0.25) is 9.59 Å². The number of hydrogen-bond donors (Lipinski definition) is 0. The molecule has 2 rings (SSSR count). The summed E-state index contributed by atoms with van der Waals surface area (Å²) in [4.78, 5) is 24.6. The van der Waals surface area contributed by atoms with Gasteiger partial charge in [-0.2, -0.15) is 0 Å². The van der Waals surface area contributed by atoms with Crippen molar-refractivity contribution in [1.29, 1.82) is 0 Å². The molecule has 0 aromatic heterocycles. The second-order valence-electron chi connectivity index (χ2n) is 5.16. The maximum absolute atomic E-state index is 12.3. The standard InChI is InChI=1S/C15H17ClO3/c1-8-6-9(2)15(18)13(14(8)17)11-5-4-10(19-3)7-12(11)16/h4-5,7-9,13H,6H2,1-3H3. The molecule has 0 spiro atoms. The van der Waals surface area contributed by atoms with Crippen molar-refractivity contribution in [1.82, 2.24) is 0 Å². The Hall–Kier alpha value is -1.35. The van der Waals surface area contributed by atoms with Crippen LogP contribution in [0.4, 0.5) is 0 Å². The normalized spacial score (nSPS) is 27.5. The zero-order valence-electron chi connectivity index (χ0n) is 11.3. The molecule has 102 valence electrons. The van der Waals surface area contributed by atoms with E-state index in [1.54, 1.807) is 25.3 Å². The summed E-state index contributed by atoms with van der Waals surface area (Å²) in [7, 11) is 1.55. The molecule has 1 aliphatic carbocycles. The first kappa shape index (κ1) is 14.1. The molecule has 2 atom stereocenters. The van der Waals surface area contributed by atoms with Crippen LogP contribution in [0.2, 0.25) is 5.02 Å². The van der Waals surface area contributed by atoms with E-state index in [1.165, 1.54) is 0 Å². The van der Waals surface area contributed by atoms with Crippen molar-refractivity contribution in [2.45, 2.75) is 26.2 Å². The van der Waals surface area contributed by atoms with Crippen LogP contribution in [-0.4, -0.2) is 18.7 Å². The van der Waals surface area contributed by atoms with E-state index in [0.717, 1.165) is 0 Å². The van der Waals surface area contributed by atoms with Crippen LogP contribution in [0.1, 0.15) is 31.7 Å². The van der Waals surface area contributed by atoms with Crippen molar-refractivity contribution in [3.05, 3.63) is 28.8 Å². The summed E-state index contributed by atoms with van der Waals surface area (Å²) >= 11 is 6.18.